The number of hydrogen-bond donors (Lipinski definition) is 0. The summed E-state index contributed by atoms with van der Waals surface area (Å²) < 4.78 is 11.6. The molecule has 0 aromatic heterocycles. The zero-order valence-corrected chi connectivity index (χ0v) is 13.6. The van der Waals surface area contributed by atoms with Gasteiger partial charge < -0.3 is 9.47 Å². The molecule has 2 nitrogen and oxygen atoms in total. The molecule has 3 heteroatoms. The third-order valence-corrected chi connectivity index (χ3v) is 6.33. The van der Waals surface area contributed by atoms with Crippen molar-refractivity contribution in [2.75, 3.05) is 13.7 Å². The summed E-state index contributed by atoms with van der Waals surface area (Å²) >= 11 is 3.86. The van der Waals surface area contributed by atoms with Crippen LogP contribution in [0.15, 0.2) is 0 Å². The Morgan fingerprint density at radius 1 is 1.22 bits per heavy atom. The second kappa shape index (κ2) is 5.80. The van der Waals surface area contributed by atoms with Crippen molar-refractivity contribution in [3.8, 4) is 0 Å². The number of methoxy groups -OCH3 is 1. The molecule has 2 rings (SSSR count). The highest BCUT2D eigenvalue weighted by molar-refractivity contribution is 9.09. The summed E-state index contributed by atoms with van der Waals surface area (Å²) in [6, 6.07) is 0. The Hall–Kier alpha value is 0.400. The summed E-state index contributed by atoms with van der Waals surface area (Å²) in [7, 11) is 1.78. The van der Waals surface area contributed by atoms with E-state index in [1.165, 1.54) is 38.5 Å². The Bertz CT molecular complexity index is 272. The van der Waals surface area contributed by atoms with Crippen molar-refractivity contribution in [3.63, 3.8) is 0 Å². The number of alkyl halides is 1. The van der Waals surface area contributed by atoms with Crippen LogP contribution in [0.3, 0.4) is 0 Å². The lowest BCUT2D eigenvalue weighted by molar-refractivity contribution is -0.130. The smallest absolute Gasteiger partial charge is 0.0652 e. The van der Waals surface area contributed by atoms with Gasteiger partial charge in [-0.1, -0.05) is 35.2 Å². The van der Waals surface area contributed by atoms with Gasteiger partial charge in [-0.25, -0.2) is 0 Å². The van der Waals surface area contributed by atoms with Crippen molar-refractivity contribution in [1.82, 2.24) is 0 Å². The minimum absolute atomic E-state index is 0.0583. The molecule has 0 amide bonds. The molecule has 2 fully saturated rings. The first-order chi connectivity index (χ1) is 8.50. The molecule has 0 N–H and O–H groups in total. The largest absolute Gasteiger partial charge is 0.379 e. The molecule has 0 heterocycles. The Balaban J connectivity index is 1.80. The average Bonchev–Trinajstić information content (AvgIpc) is 2.39. The normalized spacial score (nSPS) is 31.3. The van der Waals surface area contributed by atoms with E-state index in [0.29, 0.717) is 16.3 Å². The van der Waals surface area contributed by atoms with Crippen molar-refractivity contribution in [2.24, 2.45) is 5.41 Å². The van der Waals surface area contributed by atoms with E-state index in [1.807, 2.05) is 0 Å². The van der Waals surface area contributed by atoms with Crippen molar-refractivity contribution in [1.29, 1.82) is 0 Å². The van der Waals surface area contributed by atoms with E-state index in [4.69, 9.17) is 9.47 Å². The van der Waals surface area contributed by atoms with Crippen LogP contribution in [0.2, 0.25) is 0 Å². The fraction of sp³-hybridized carbons (Fsp3) is 1.00. The van der Waals surface area contributed by atoms with Crippen LogP contribution in [-0.2, 0) is 9.47 Å². The highest BCUT2D eigenvalue weighted by Gasteiger charge is 2.54. The van der Waals surface area contributed by atoms with Gasteiger partial charge in [-0.3, -0.25) is 0 Å². The lowest BCUT2D eigenvalue weighted by Crippen LogP contribution is -2.56. The SMILES string of the molecule is COC(C)(C)CCOC1CC(Br)C12CCCCC2. The minimum atomic E-state index is -0.0583. The Morgan fingerprint density at radius 3 is 2.44 bits per heavy atom. The average molecular weight is 319 g/mol. The van der Waals surface area contributed by atoms with Crippen LogP contribution in [-0.4, -0.2) is 30.2 Å². The zero-order valence-electron chi connectivity index (χ0n) is 12.0. The molecule has 0 saturated heterocycles. The van der Waals surface area contributed by atoms with E-state index in [1.54, 1.807) is 7.11 Å². The predicted molar refractivity (Wildman–Crippen MR) is 78.3 cm³/mol. The Kier molecular flexibility index (Phi) is 4.77. The van der Waals surface area contributed by atoms with Gasteiger partial charge in [-0.2, -0.15) is 0 Å². The first-order valence-corrected chi connectivity index (χ1v) is 8.23. The van der Waals surface area contributed by atoms with Crippen molar-refractivity contribution < 1.29 is 9.47 Å². The summed E-state index contributed by atoms with van der Waals surface area (Å²) in [5.41, 5.74) is 0.396. The lowest BCUT2D eigenvalue weighted by atomic mass is 9.58. The van der Waals surface area contributed by atoms with Crippen LogP contribution >= 0.6 is 15.9 Å². The molecule has 2 unspecified atom stereocenters. The van der Waals surface area contributed by atoms with E-state index in [-0.39, 0.29) is 5.60 Å². The number of hydrogen-bond acceptors (Lipinski definition) is 2. The first kappa shape index (κ1) is 14.8. The molecule has 106 valence electrons. The first-order valence-electron chi connectivity index (χ1n) is 7.31. The van der Waals surface area contributed by atoms with Gasteiger partial charge in [-0.15, -0.1) is 0 Å². The van der Waals surface area contributed by atoms with Gasteiger partial charge in [0.25, 0.3) is 0 Å². The highest BCUT2D eigenvalue weighted by Crippen LogP contribution is 2.56. The fourth-order valence-electron chi connectivity index (χ4n) is 3.33. The van der Waals surface area contributed by atoms with Crippen LogP contribution in [0.4, 0.5) is 0 Å². The van der Waals surface area contributed by atoms with Crippen molar-refractivity contribution >= 4 is 15.9 Å². The molecular formula is C15H27BrO2. The van der Waals surface area contributed by atoms with Crippen LogP contribution in [0.1, 0.15) is 58.8 Å². The molecule has 0 aromatic carbocycles. The van der Waals surface area contributed by atoms with E-state index in [9.17, 15) is 0 Å². The minimum Gasteiger partial charge on any atom is -0.379 e. The third kappa shape index (κ3) is 2.94. The maximum absolute atomic E-state index is 6.17. The molecule has 2 saturated carbocycles. The third-order valence-electron chi connectivity index (χ3n) is 5.05. The van der Waals surface area contributed by atoms with E-state index in [0.717, 1.165) is 13.0 Å². The molecule has 2 aliphatic rings. The summed E-state index contributed by atoms with van der Waals surface area (Å²) in [5.74, 6) is 0. The summed E-state index contributed by atoms with van der Waals surface area (Å²) in [6.45, 7) is 5.08. The maximum Gasteiger partial charge on any atom is 0.0652 e. The fourth-order valence-corrected chi connectivity index (χ4v) is 4.42. The maximum atomic E-state index is 6.17. The topological polar surface area (TPSA) is 18.5 Å². The van der Waals surface area contributed by atoms with Crippen LogP contribution < -0.4 is 0 Å². The highest BCUT2D eigenvalue weighted by atomic mass is 79.9. The van der Waals surface area contributed by atoms with Gasteiger partial charge in [0.1, 0.15) is 0 Å². The van der Waals surface area contributed by atoms with Crippen LogP contribution in [0.25, 0.3) is 0 Å². The van der Waals surface area contributed by atoms with Crippen LogP contribution in [0.5, 0.6) is 0 Å². The molecule has 0 bridgehead atoms. The van der Waals surface area contributed by atoms with Gasteiger partial charge in [0.15, 0.2) is 0 Å². The van der Waals surface area contributed by atoms with Crippen molar-refractivity contribution in [3.05, 3.63) is 0 Å². The Morgan fingerprint density at radius 2 is 1.89 bits per heavy atom. The second-order valence-electron chi connectivity index (χ2n) is 6.57. The quantitative estimate of drug-likeness (QED) is 0.703. The van der Waals surface area contributed by atoms with Gasteiger partial charge in [0.2, 0.25) is 0 Å². The Labute approximate surface area is 120 Å². The predicted octanol–water partition coefficient (Wildman–Crippen LogP) is 4.30. The van der Waals surface area contributed by atoms with Gasteiger partial charge in [-0.05, 0) is 39.5 Å². The molecule has 18 heavy (non-hydrogen) atoms. The lowest BCUT2D eigenvalue weighted by Gasteiger charge is -2.55. The standard InChI is InChI=1S/C15H27BrO2/c1-14(2,17-3)9-10-18-13-11-12(16)15(13)7-5-4-6-8-15/h12-13H,4-11H2,1-3H3. The van der Waals surface area contributed by atoms with Gasteiger partial charge >= 0.3 is 0 Å². The molecule has 1 spiro atoms. The van der Waals surface area contributed by atoms with Gasteiger partial charge in [0, 0.05) is 24.0 Å². The summed E-state index contributed by atoms with van der Waals surface area (Å²) in [4.78, 5) is 0.686. The molecule has 0 radical (unpaired) electrons. The molecule has 2 atom stereocenters. The van der Waals surface area contributed by atoms with Crippen LogP contribution in [0, 0.1) is 5.41 Å². The summed E-state index contributed by atoms with van der Waals surface area (Å²) in [5, 5.41) is 0. The molecule has 2 aliphatic carbocycles. The zero-order chi connectivity index (χ0) is 13.2. The monoisotopic (exact) mass is 318 g/mol. The van der Waals surface area contributed by atoms with E-state index >= 15 is 0 Å². The second-order valence-corrected chi connectivity index (χ2v) is 7.68. The van der Waals surface area contributed by atoms with E-state index < -0.39 is 0 Å². The molecular weight excluding hydrogens is 292 g/mol. The van der Waals surface area contributed by atoms with Crippen molar-refractivity contribution in [2.45, 2.75) is 75.3 Å². The van der Waals surface area contributed by atoms with Gasteiger partial charge in [0.05, 0.1) is 11.7 Å². The van der Waals surface area contributed by atoms with E-state index in [2.05, 4.69) is 29.8 Å². The number of halogens is 1. The number of rotatable bonds is 5. The molecule has 0 aliphatic heterocycles. The summed E-state index contributed by atoms with van der Waals surface area (Å²) in [6.07, 6.45) is 9.51. The molecule has 0 aromatic rings. The number of ether oxygens (including phenoxy) is 2.